The zero-order valence-electron chi connectivity index (χ0n) is 25.7. The molecule has 0 bridgehead atoms. The molecule has 1 aliphatic rings. The number of nitrogens with zero attached hydrogens (tertiary/aromatic N) is 2. The summed E-state index contributed by atoms with van der Waals surface area (Å²) >= 11 is 14.5. The normalized spacial score (nSPS) is 14.4. The maximum Gasteiger partial charge on any atom is 0.264 e. The molecule has 4 rings (SSSR count). The van der Waals surface area contributed by atoms with Crippen LogP contribution in [0, 0.1) is 0 Å². The molecule has 0 spiro atoms. The fourth-order valence-electron chi connectivity index (χ4n) is 5.33. The summed E-state index contributed by atoms with van der Waals surface area (Å²) in [6.45, 7) is 3.02. The first-order chi connectivity index (χ1) is 21.6. The minimum absolute atomic E-state index is 0.0168. The third-order valence-electron chi connectivity index (χ3n) is 7.87. The van der Waals surface area contributed by atoms with Gasteiger partial charge in [0.25, 0.3) is 10.0 Å². The van der Waals surface area contributed by atoms with Gasteiger partial charge < -0.3 is 15.0 Å². The summed E-state index contributed by atoms with van der Waals surface area (Å²) in [5.41, 5.74) is 0.667. The van der Waals surface area contributed by atoms with Crippen LogP contribution in [-0.2, 0) is 26.2 Å². The number of anilines is 1. The van der Waals surface area contributed by atoms with Crippen LogP contribution in [0.25, 0.3) is 0 Å². The van der Waals surface area contributed by atoms with Crippen molar-refractivity contribution < 1.29 is 22.7 Å². The lowest BCUT2D eigenvalue weighted by atomic mass is 9.95. The quantitative estimate of drug-likeness (QED) is 0.191. The lowest BCUT2D eigenvalue weighted by Crippen LogP contribution is -2.53. The number of halogens is 2. The van der Waals surface area contributed by atoms with Gasteiger partial charge in [-0.1, -0.05) is 60.7 Å². The number of nitrogens with one attached hydrogen (secondary N) is 1. The van der Waals surface area contributed by atoms with Gasteiger partial charge in [0.1, 0.15) is 18.3 Å². The van der Waals surface area contributed by atoms with Gasteiger partial charge in [0.05, 0.1) is 17.2 Å². The van der Waals surface area contributed by atoms with Gasteiger partial charge in [-0.15, -0.1) is 11.8 Å². The van der Waals surface area contributed by atoms with E-state index in [0.29, 0.717) is 21.4 Å². The second-order valence-corrected chi connectivity index (χ2v) is 14.4. The summed E-state index contributed by atoms with van der Waals surface area (Å²) in [6, 6.07) is 17.2. The molecule has 1 saturated carbocycles. The van der Waals surface area contributed by atoms with E-state index < -0.39 is 28.5 Å². The highest BCUT2D eigenvalue weighted by Gasteiger charge is 2.35. The number of ether oxygens (including phenoxy) is 1. The van der Waals surface area contributed by atoms with Crippen molar-refractivity contribution in [3.8, 4) is 5.75 Å². The van der Waals surface area contributed by atoms with Crippen LogP contribution in [0.15, 0.2) is 76.5 Å². The van der Waals surface area contributed by atoms with Crippen molar-refractivity contribution in [3.05, 3.63) is 82.3 Å². The summed E-state index contributed by atoms with van der Waals surface area (Å²) in [5, 5.41) is 3.76. The van der Waals surface area contributed by atoms with E-state index >= 15 is 0 Å². The topological polar surface area (TPSA) is 96.0 Å². The van der Waals surface area contributed by atoms with Crippen LogP contribution in [0.3, 0.4) is 0 Å². The van der Waals surface area contributed by atoms with Crippen LogP contribution in [0.5, 0.6) is 5.75 Å². The average molecular weight is 693 g/mol. The average Bonchev–Trinajstić information content (AvgIpc) is 3.04. The molecule has 1 N–H and O–H groups in total. The Morgan fingerprint density at radius 1 is 0.978 bits per heavy atom. The minimum Gasteiger partial charge on any atom is -0.492 e. The van der Waals surface area contributed by atoms with Crippen LogP contribution in [-0.4, -0.2) is 56.6 Å². The Morgan fingerprint density at radius 2 is 1.62 bits per heavy atom. The molecule has 1 fully saturated rings. The monoisotopic (exact) mass is 691 g/mol. The van der Waals surface area contributed by atoms with Crippen molar-refractivity contribution in [1.29, 1.82) is 0 Å². The molecule has 45 heavy (non-hydrogen) atoms. The summed E-state index contributed by atoms with van der Waals surface area (Å²) in [4.78, 5) is 30.2. The molecule has 0 unspecified atom stereocenters. The molecule has 3 aromatic carbocycles. The number of rotatable bonds is 13. The molecule has 3 aromatic rings. The Hall–Kier alpha value is -2.92. The molecule has 0 aromatic heterocycles. The lowest BCUT2D eigenvalue weighted by Gasteiger charge is -2.34. The number of carbonyl (C=O) groups is 2. The van der Waals surface area contributed by atoms with Gasteiger partial charge in [-0.05, 0) is 81.5 Å². The second-order valence-electron chi connectivity index (χ2n) is 10.8. The van der Waals surface area contributed by atoms with Gasteiger partial charge in [-0.2, -0.15) is 0 Å². The Bertz CT molecular complexity index is 1560. The highest BCUT2D eigenvalue weighted by molar-refractivity contribution is 7.98. The van der Waals surface area contributed by atoms with Gasteiger partial charge in [0.2, 0.25) is 11.8 Å². The summed E-state index contributed by atoms with van der Waals surface area (Å²) in [7, 11) is -4.26. The van der Waals surface area contributed by atoms with Crippen LogP contribution < -0.4 is 14.4 Å². The maximum atomic E-state index is 14.3. The molecule has 0 heterocycles. The van der Waals surface area contributed by atoms with E-state index in [2.05, 4.69) is 5.32 Å². The number of para-hydroxylation sites is 2. The SMILES string of the molecule is CCOc1ccccc1N(CC(=O)N(Cc1c(Cl)cccc1Cl)[C@@H](C)C(=O)NC1CCCCC1)S(=O)(=O)c1ccc(SC)cc1. The first-order valence-corrected chi connectivity index (χ1v) is 18.4. The smallest absolute Gasteiger partial charge is 0.264 e. The van der Waals surface area contributed by atoms with E-state index in [1.54, 1.807) is 68.4 Å². The number of benzene rings is 3. The standard InChI is InChI=1S/C33H39Cl2N3O5S2/c1-4-43-31-16-9-8-15-30(31)38(45(41,42)26-19-17-25(44-3)18-20-26)22-32(39)37(21-27-28(34)13-10-14-29(27)35)23(2)33(40)36-24-11-6-5-7-12-24/h8-10,13-20,23-24H,4-7,11-12,21-22H2,1-3H3,(H,36,40)/t23-/m0/s1. The van der Waals surface area contributed by atoms with Crippen LogP contribution in [0.2, 0.25) is 10.0 Å². The van der Waals surface area contributed by atoms with Crippen molar-refractivity contribution in [2.24, 2.45) is 0 Å². The highest BCUT2D eigenvalue weighted by Crippen LogP contribution is 2.34. The van der Waals surface area contributed by atoms with Crippen molar-refractivity contribution in [1.82, 2.24) is 10.2 Å². The molecule has 1 atom stereocenters. The summed E-state index contributed by atoms with van der Waals surface area (Å²) < 4.78 is 35.3. The summed E-state index contributed by atoms with van der Waals surface area (Å²) in [5.74, 6) is -0.621. The Morgan fingerprint density at radius 3 is 2.24 bits per heavy atom. The van der Waals surface area contributed by atoms with Crippen molar-refractivity contribution in [2.45, 2.75) is 74.4 Å². The van der Waals surface area contributed by atoms with Crippen LogP contribution in [0.1, 0.15) is 51.5 Å². The van der Waals surface area contributed by atoms with Crippen LogP contribution >= 0.6 is 35.0 Å². The number of hydrogen-bond donors (Lipinski definition) is 1. The van der Waals surface area contributed by atoms with Gasteiger partial charge in [0, 0.05) is 33.1 Å². The maximum absolute atomic E-state index is 14.3. The second kappa shape index (κ2) is 16.1. The Balaban J connectivity index is 1.75. The van der Waals surface area contributed by atoms with E-state index in [1.807, 2.05) is 6.26 Å². The largest absolute Gasteiger partial charge is 0.492 e. The van der Waals surface area contributed by atoms with E-state index in [4.69, 9.17) is 27.9 Å². The third kappa shape index (κ3) is 8.67. The predicted octanol–water partition coefficient (Wildman–Crippen LogP) is 7.18. The lowest BCUT2D eigenvalue weighted by molar-refractivity contribution is -0.139. The molecular weight excluding hydrogens is 653 g/mol. The van der Waals surface area contributed by atoms with Gasteiger partial charge >= 0.3 is 0 Å². The van der Waals surface area contributed by atoms with Gasteiger partial charge in [-0.25, -0.2) is 8.42 Å². The molecular formula is C33H39Cl2N3O5S2. The molecule has 2 amide bonds. The molecule has 242 valence electrons. The molecule has 12 heteroatoms. The number of carbonyl (C=O) groups excluding carboxylic acids is 2. The molecule has 1 aliphatic carbocycles. The number of sulfonamides is 1. The fraction of sp³-hybridized carbons (Fsp3) is 0.394. The van der Waals surface area contributed by atoms with Gasteiger partial charge in [-0.3, -0.25) is 13.9 Å². The van der Waals surface area contributed by atoms with E-state index in [9.17, 15) is 18.0 Å². The van der Waals surface area contributed by atoms with E-state index in [-0.39, 0.29) is 35.7 Å². The number of thioether (sulfide) groups is 1. The molecule has 0 radical (unpaired) electrons. The zero-order chi connectivity index (χ0) is 32.6. The first kappa shape index (κ1) is 34.9. The molecule has 0 aliphatic heterocycles. The third-order valence-corrected chi connectivity index (χ3v) is 11.1. The van der Waals surface area contributed by atoms with Crippen molar-refractivity contribution >= 4 is 62.5 Å². The van der Waals surface area contributed by atoms with Crippen molar-refractivity contribution in [3.63, 3.8) is 0 Å². The molecule has 0 saturated heterocycles. The van der Waals surface area contributed by atoms with E-state index in [1.165, 1.54) is 28.8 Å². The van der Waals surface area contributed by atoms with Gasteiger partial charge in [0.15, 0.2) is 0 Å². The minimum atomic E-state index is -4.26. The zero-order valence-corrected chi connectivity index (χ0v) is 28.8. The fourth-order valence-corrected chi connectivity index (χ4v) is 7.68. The Labute approximate surface area is 280 Å². The number of amides is 2. The Kier molecular flexibility index (Phi) is 12.5. The highest BCUT2D eigenvalue weighted by atomic mass is 35.5. The summed E-state index contributed by atoms with van der Waals surface area (Å²) in [6.07, 6.45) is 6.84. The molecule has 8 nitrogen and oxygen atoms in total. The van der Waals surface area contributed by atoms with E-state index in [0.717, 1.165) is 41.3 Å². The van der Waals surface area contributed by atoms with Crippen molar-refractivity contribution in [2.75, 3.05) is 23.7 Å². The van der Waals surface area contributed by atoms with Crippen LogP contribution in [0.4, 0.5) is 5.69 Å². The number of hydrogen-bond acceptors (Lipinski definition) is 6. The predicted molar refractivity (Wildman–Crippen MR) is 182 cm³/mol. The first-order valence-electron chi connectivity index (χ1n) is 15.0.